The highest BCUT2D eigenvalue weighted by molar-refractivity contribution is 5.33. The van der Waals surface area contributed by atoms with Crippen LogP contribution in [0.1, 0.15) is 36.6 Å². The zero-order valence-corrected chi connectivity index (χ0v) is 10.7. The zero-order valence-electron chi connectivity index (χ0n) is 10.7. The number of rotatable bonds is 3. The number of likely N-dealkylation sites (N-methyl/N-ethyl adjacent to an activating group) is 1. The zero-order chi connectivity index (χ0) is 12.4. The normalized spacial score (nSPS) is 22.7. The highest BCUT2D eigenvalue weighted by Gasteiger charge is 2.29. The van der Waals surface area contributed by atoms with Crippen molar-refractivity contribution in [3.8, 4) is 0 Å². The first-order valence-electron chi connectivity index (χ1n) is 6.70. The van der Waals surface area contributed by atoms with Crippen molar-refractivity contribution in [2.24, 2.45) is 0 Å². The van der Waals surface area contributed by atoms with E-state index >= 15 is 0 Å². The Kier molecular flexibility index (Phi) is 3.15. The molecular formula is C15H19N3. The average Bonchev–Trinajstić information content (AvgIpc) is 2.93. The number of nitrogens with zero attached hydrogens (tertiary/aromatic N) is 2. The largest absolute Gasteiger partial charge is 0.308 e. The molecule has 0 radical (unpaired) electrons. The third-order valence-electron chi connectivity index (χ3n) is 3.77. The van der Waals surface area contributed by atoms with E-state index in [1.807, 2.05) is 12.3 Å². The van der Waals surface area contributed by atoms with Gasteiger partial charge in [0.15, 0.2) is 0 Å². The van der Waals surface area contributed by atoms with Gasteiger partial charge in [0.2, 0.25) is 0 Å². The summed E-state index contributed by atoms with van der Waals surface area (Å²) in [5.41, 5.74) is 2.91. The molecule has 0 amide bonds. The van der Waals surface area contributed by atoms with Gasteiger partial charge in [0.1, 0.15) is 0 Å². The van der Waals surface area contributed by atoms with Crippen LogP contribution in [0, 0.1) is 0 Å². The van der Waals surface area contributed by atoms with Crippen molar-refractivity contribution >= 4 is 0 Å². The SMILES string of the molecule is CCNC1c2ccccc2CCC1n1cccn1. The van der Waals surface area contributed by atoms with Crippen LogP contribution in [0.4, 0.5) is 0 Å². The molecule has 0 bridgehead atoms. The Bertz CT molecular complexity index is 504. The second-order valence-electron chi connectivity index (χ2n) is 4.83. The lowest BCUT2D eigenvalue weighted by molar-refractivity contribution is 0.300. The molecule has 2 unspecified atom stereocenters. The van der Waals surface area contributed by atoms with Gasteiger partial charge in [-0.25, -0.2) is 0 Å². The van der Waals surface area contributed by atoms with Crippen molar-refractivity contribution in [1.82, 2.24) is 15.1 Å². The van der Waals surface area contributed by atoms with Crippen molar-refractivity contribution in [3.05, 3.63) is 53.9 Å². The summed E-state index contributed by atoms with van der Waals surface area (Å²) >= 11 is 0. The number of benzene rings is 1. The molecule has 1 aromatic heterocycles. The molecule has 18 heavy (non-hydrogen) atoms. The van der Waals surface area contributed by atoms with Crippen LogP contribution in [0.15, 0.2) is 42.7 Å². The predicted molar refractivity (Wildman–Crippen MR) is 72.4 cm³/mol. The number of hydrogen-bond acceptors (Lipinski definition) is 2. The molecule has 2 atom stereocenters. The van der Waals surface area contributed by atoms with E-state index in [-0.39, 0.29) is 0 Å². The number of hydrogen-bond donors (Lipinski definition) is 1. The molecule has 3 heteroatoms. The molecule has 3 rings (SSSR count). The van der Waals surface area contributed by atoms with Gasteiger partial charge in [0, 0.05) is 12.4 Å². The second-order valence-corrected chi connectivity index (χ2v) is 4.83. The van der Waals surface area contributed by atoms with E-state index < -0.39 is 0 Å². The quantitative estimate of drug-likeness (QED) is 0.895. The van der Waals surface area contributed by atoms with E-state index in [1.165, 1.54) is 11.1 Å². The Balaban J connectivity index is 1.98. The van der Waals surface area contributed by atoms with Crippen LogP contribution in [-0.2, 0) is 6.42 Å². The summed E-state index contributed by atoms with van der Waals surface area (Å²) in [5.74, 6) is 0. The van der Waals surface area contributed by atoms with Gasteiger partial charge < -0.3 is 5.32 Å². The van der Waals surface area contributed by atoms with Crippen LogP contribution in [0.25, 0.3) is 0 Å². The standard InChI is InChI=1S/C15H19N3/c1-2-16-15-13-7-4-3-6-12(13)8-9-14(15)18-11-5-10-17-18/h3-7,10-11,14-16H,2,8-9H2,1H3. The number of fused-ring (bicyclic) bond motifs is 1. The molecule has 0 aliphatic heterocycles. The third kappa shape index (κ3) is 1.95. The lowest BCUT2D eigenvalue weighted by atomic mass is 9.84. The fraction of sp³-hybridized carbons (Fsp3) is 0.400. The van der Waals surface area contributed by atoms with Crippen LogP contribution in [0.2, 0.25) is 0 Å². The molecule has 1 heterocycles. The van der Waals surface area contributed by atoms with E-state index in [4.69, 9.17) is 0 Å². The molecule has 2 aromatic rings. The van der Waals surface area contributed by atoms with Crippen LogP contribution in [-0.4, -0.2) is 16.3 Å². The second kappa shape index (κ2) is 4.94. The van der Waals surface area contributed by atoms with Crippen LogP contribution in [0.3, 0.4) is 0 Å². The van der Waals surface area contributed by atoms with Gasteiger partial charge in [0.25, 0.3) is 0 Å². The maximum absolute atomic E-state index is 4.42. The molecule has 1 aromatic carbocycles. The number of nitrogens with one attached hydrogen (secondary N) is 1. The summed E-state index contributed by atoms with van der Waals surface area (Å²) in [6, 6.07) is 11.6. The summed E-state index contributed by atoms with van der Waals surface area (Å²) in [7, 11) is 0. The molecule has 1 N–H and O–H groups in total. The lowest BCUT2D eigenvalue weighted by Crippen LogP contribution is -2.34. The smallest absolute Gasteiger partial charge is 0.0717 e. The Morgan fingerprint density at radius 1 is 1.33 bits per heavy atom. The van der Waals surface area contributed by atoms with Gasteiger partial charge in [-0.05, 0) is 36.6 Å². The summed E-state index contributed by atoms with van der Waals surface area (Å²) in [4.78, 5) is 0. The van der Waals surface area contributed by atoms with Gasteiger partial charge >= 0.3 is 0 Å². The lowest BCUT2D eigenvalue weighted by Gasteiger charge is -2.34. The molecular weight excluding hydrogens is 222 g/mol. The third-order valence-corrected chi connectivity index (χ3v) is 3.77. The first-order chi connectivity index (χ1) is 8.90. The fourth-order valence-corrected chi connectivity index (χ4v) is 2.97. The van der Waals surface area contributed by atoms with E-state index in [0.29, 0.717) is 12.1 Å². The van der Waals surface area contributed by atoms with E-state index in [1.54, 1.807) is 0 Å². The minimum Gasteiger partial charge on any atom is -0.308 e. The van der Waals surface area contributed by atoms with Gasteiger partial charge in [-0.1, -0.05) is 31.2 Å². The van der Waals surface area contributed by atoms with Crippen molar-refractivity contribution in [2.45, 2.75) is 31.8 Å². The molecule has 0 fully saturated rings. The predicted octanol–water partition coefficient (Wildman–Crippen LogP) is 2.72. The van der Waals surface area contributed by atoms with Crippen molar-refractivity contribution in [2.75, 3.05) is 6.54 Å². The van der Waals surface area contributed by atoms with Gasteiger partial charge in [-0.15, -0.1) is 0 Å². The topological polar surface area (TPSA) is 29.9 Å². The fourth-order valence-electron chi connectivity index (χ4n) is 2.97. The maximum Gasteiger partial charge on any atom is 0.0717 e. The molecule has 0 saturated heterocycles. The summed E-state index contributed by atoms with van der Waals surface area (Å²) in [6.45, 7) is 3.15. The van der Waals surface area contributed by atoms with Gasteiger partial charge in [-0.3, -0.25) is 4.68 Å². The molecule has 0 spiro atoms. The Hall–Kier alpha value is -1.61. The summed E-state index contributed by atoms with van der Waals surface area (Å²) in [5, 5.41) is 8.04. The first-order valence-corrected chi connectivity index (χ1v) is 6.70. The Labute approximate surface area is 108 Å². The van der Waals surface area contributed by atoms with Crippen LogP contribution >= 0.6 is 0 Å². The van der Waals surface area contributed by atoms with Crippen molar-refractivity contribution < 1.29 is 0 Å². The van der Waals surface area contributed by atoms with Crippen LogP contribution in [0.5, 0.6) is 0 Å². The van der Waals surface area contributed by atoms with E-state index in [9.17, 15) is 0 Å². The van der Waals surface area contributed by atoms with E-state index in [2.05, 4.69) is 52.5 Å². The highest BCUT2D eigenvalue weighted by Crippen LogP contribution is 2.36. The molecule has 0 saturated carbocycles. The molecule has 3 nitrogen and oxygen atoms in total. The average molecular weight is 241 g/mol. The number of aryl methyl sites for hydroxylation is 1. The first kappa shape index (κ1) is 11.5. The summed E-state index contributed by atoms with van der Waals surface area (Å²) in [6.07, 6.45) is 6.23. The monoisotopic (exact) mass is 241 g/mol. The number of aromatic nitrogens is 2. The van der Waals surface area contributed by atoms with Crippen LogP contribution < -0.4 is 5.32 Å². The summed E-state index contributed by atoms with van der Waals surface area (Å²) < 4.78 is 2.10. The minimum atomic E-state index is 0.375. The van der Waals surface area contributed by atoms with E-state index in [0.717, 1.165) is 19.4 Å². The Morgan fingerprint density at radius 2 is 2.22 bits per heavy atom. The van der Waals surface area contributed by atoms with Gasteiger partial charge in [0.05, 0.1) is 12.1 Å². The van der Waals surface area contributed by atoms with Crippen molar-refractivity contribution in [1.29, 1.82) is 0 Å². The molecule has 1 aliphatic rings. The Morgan fingerprint density at radius 3 is 3.00 bits per heavy atom. The van der Waals surface area contributed by atoms with Crippen molar-refractivity contribution in [3.63, 3.8) is 0 Å². The molecule has 1 aliphatic carbocycles. The molecule has 94 valence electrons. The van der Waals surface area contributed by atoms with Gasteiger partial charge in [-0.2, -0.15) is 5.10 Å². The minimum absolute atomic E-state index is 0.375. The maximum atomic E-state index is 4.42. The highest BCUT2D eigenvalue weighted by atomic mass is 15.3.